The monoisotopic (exact) mass is 359 g/mol. The molecule has 7 nitrogen and oxygen atoms in total. The Labute approximate surface area is 151 Å². The molecule has 0 aliphatic heterocycles. The van der Waals surface area contributed by atoms with Gasteiger partial charge in [-0.3, -0.25) is 0 Å². The van der Waals surface area contributed by atoms with Crippen molar-refractivity contribution >= 4 is 18.3 Å². The Balaban J connectivity index is 2.22. The third-order valence-corrected chi connectivity index (χ3v) is 3.95. The fourth-order valence-electron chi connectivity index (χ4n) is 2.06. The van der Waals surface area contributed by atoms with E-state index in [1.54, 1.807) is 18.5 Å². The number of tetrazole rings is 1. The third-order valence-electron chi connectivity index (χ3n) is 3.54. The SMILES string of the molecule is CC(C=CC(C)=NOCc1c(C)cccc1-n1nnn(C)c1=O)=CS. The van der Waals surface area contributed by atoms with E-state index in [0.29, 0.717) is 5.69 Å². The van der Waals surface area contributed by atoms with Crippen molar-refractivity contribution < 1.29 is 4.84 Å². The van der Waals surface area contributed by atoms with Crippen LogP contribution in [0, 0.1) is 6.92 Å². The molecule has 0 fully saturated rings. The van der Waals surface area contributed by atoms with Gasteiger partial charge in [0.05, 0.1) is 11.4 Å². The zero-order valence-corrected chi connectivity index (χ0v) is 15.6. The number of thiol groups is 1. The maximum atomic E-state index is 12.1. The van der Waals surface area contributed by atoms with Crippen LogP contribution in [0.2, 0.25) is 0 Å². The molecule has 2 aromatic rings. The molecule has 1 aromatic carbocycles. The van der Waals surface area contributed by atoms with Gasteiger partial charge < -0.3 is 4.84 Å². The summed E-state index contributed by atoms with van der Waals surface area (Å²) >= 11 is 4.08. The van der Waals surface area contributed by atoms with Gasteiger partial charge in [0.15, 0.2) is 0 Å². The normalized spacial score (nSPS) is 12.8. The van der Waals surface area contributed by atoms with Gasteiger partial charge in [-0.1, -0.05) is 23.4 Å². The molecule has 0 saturated heterocycles. The predicted molar refractivity (Wildman–Crippen MR) is 101 cm³/mol. The van der Waals surface area contributed by atoms with Gasteiger partial charge >= 0.3 is 5.69 Å². The molecule has 0 bridgehead atoms. The zero-order chi connectivity index (χ0) is 18.4. The first-order valence-electron chi connectivity index (χ1n) is 7.67. The van der Waals surface area contributed by atoms with Gasteiger partial charge in [0.25, 0.3) is 0 Å². The van der Waals surface area contributed by atoms with E-state index in [-0.39, 0.29) is 12.3 Å². The van der Waals surface area contributed by atoms with Crippen molar-refractivity contribution in [2.75, 3.05) is 0 Å². The zero-order valence-electron chi connectivity index (χ0n) is 14.7. The van der Waals surface area contributed by atoms with Crippen molar-refractivity contribution in [1.82, 2.24) is 19.8 Å². The van der Waals surface area contributed by atoms with Crippen LogP contribution in [0.5, 0.6) is 0 Å². The largest absolute Gasteiger partial charge is 0.391 e. The van der Waals surface area contributed by atoms with E-state index in [2.05, 4.69) is 28.2 Å². The number of aromatic nitrogens is 4. The number of rotatable bonds is 6. The maximum Gasteiger partial charge on any atom is 0.368 e. The quantitative estimate of drug-likeness (QED) is 0.372. The van der Waals surface area contributed by atoms with E-state index in [1.807, 2.05) is 45.1 Å². The number of hydrogen-bond acceptors (Lipinski definition) is 6. The Morgan fingerprint density at radius 1 is 1.32 bits per heavy atom. The Bertz CT molecular complexity index is 893. The number of aryl methyl sites for hydroxylation is 2. The highest BCUT2D eigenvalue weighted by Gasteiger charge is 2.13. The van der Waals surface area contributed by atoms with Crippen molar-refractivity contribution in [2.45, 2.75) is 27.4 Å². The molecule has 2 rings (SSSR count). The summed E-state index contributed by atoms with van der Waals surface area (Å²) in [5.74, 6) is 0. The van der Waals surface area contributed by atoms with Gasteiger partial charge in [-0.05, 0) is 59.9 Å². The molecule has 0 aliphatic rings. The molecular formula is C17H21N5O2S. The van der Waals surface area contributed by atoms with E-state index in [9.17, 15) is 4.79 Å². The fourth-order valence-corrected chi connectivity index (χ4v) is 2.15. The highest BCUT2D eigenvalue weighted by molar-refractivity contribution is 7.83. The third kappa shape index (κ3) is 4.69. The van der Waals surface area contributed by atoms with E-state index >= 15 is 0 Å². The number of allylic oxidation sites excluding steroid dienone is 3. The number of nitrogens with zero attached hydrogens (tertiary/aromatic N) is 5. The van der Waals surface area contributed by atoms with Gasteiger partial charge in [0.2, 0.25) is 0 Å². The van der Waals surface area contributed by atoms with Gasteiger partial charge in [-0.2, -0.15) is 22.0 Å². The van der Waals surface area contributed by atoms with Crippen LogP contribution in [0.25, 0.3) is 5.69 Å². The molecule has 25 heavy (non-hydrogen) atoms. The second-order valence-corrected chi connectivity index (χ2v) is 5.84. The van der Waals surface area contributed by atoms with E-state index in [4.69, 9.17) is 4.84 Å². The molecule has 0 unspecified atom stereocenters. The van der Waals surface area contributed by atoms with E-state index < -0.39 is 0 Å². The first-order valence-corrected chi connectivity index (χ1v) is 8.19. The lowest BCUT2D eigenvalue weighted by molar-refractivity contribution is 0.130. The average Bonchev–Trinajstić information content (AvgIpc) is 2.93. The van der Waals surface area contributed by atoms with Crippen LogP contribution in [-0.4, -0.2) is 25.5 Å². The number of oxime groups is 1. The summed E-state index contributed by atoms with van der Waals surface area (Å²) in [5.41, 5.74) is 3.87. The molecule has 0 aliphatic carbocycles. The summed E-state index contributed by atoms with van der Waals surface area (Å²) in [6.45, 7) is 5.95. The van der Waals surface area contributed by atoms with Gasteiger partial charge in [-0.25, -0.2) is 4.79 Å². The summed E-state index contributed by atoms with van der Waals surface area (Å²) < 4.78 is 2.43. The summed E-state index contributed by atoms with van der Waals surface area (Å²) in [7, 11) is 1.55. The molecule has 0 atom stereocenters. The minimum absolute atomic E-state index is 0.220. The van der Waals surface area contributed by atoms with Crippen molar-refractivity contribution in [3.8, 4) is 5.69 Å². The van der Waals surface area contributed by atoms with Gasteiger partial charge in [0.1, 0.15) is 6.61 Å². The lowest BCUT2D eigenvalue weighted by Gasteiger charge is -2.10. The lowest BCUT2D eigenvalue weighted by Crippen LogP contribution is -2.23. The highest BCUT2D eigenvalue weighted by atomic mass is 32.1. The summed E-state index contributed by atoms with van der Waals surface area (Å²) in [5, 5.41) is 13.4. The van der Waals surface area contributed by atoms with Crippen LogP contribution < -0.4 is 5.69 Å². The molecule has 0 spiro atoms. The fraction of sp³-hybridized carbons (Fsp3) is 0.294. The number of benzene rings is 1. The minimum atomic E-state index is -0.316. The molecule has 1 heterocycles. The Morgan fingerprint density at radius 3 is 2.72 bits per heavy atom. The molecule has 132 valence electrons. The van der Waals surface area contributed by atoms with Gasteiger partial charge in [-0.15, -0.1) is 0 Å². The lowest BCUT2D eigenvalue weighted by atomic mass is 10.1. The van der Waals surface area contributed by atoms with Crippen molar-refractivity contribution in [3.63, 3.8) is 0 Å². The summed E-state index contributed by atoms with van der Waals surface area (Å²) in [6, 6.07) is 5.61. The minimum Gasteiger partial charge on any atom is -0.391 e. The second kappa shape index (κ2) is 8.48. The van der Waals surface area contributed by atoms with Crippen LogP contribution in [-0.2, 0) is 18.5 Å². The smallest absolute Gasteiger partial charge is 0.368 e. The van der Waals surface area contributed by atoms with Crippen molar-refractivity contribution in [3.05, 3.63) is 62.9 Å². The second-order valence-electron chi connectivity index (χ2n) is 5.58. The Kier molecular flexibility index (Phi) is 6.35. The highest BCUT2D eigenvalue weighted by Crippen LogP contribution is 2.18. The van der Waals surface area contributed by atoms with E-state index in [0.717, 1.165) is 22.4 Å². The van der Waals surface area contributed by atoms with Gasteiger partial charge in [0, 0.05) is 12.6 Å². The van der Waals surface area contributed by atoms with Crippen LogP contribution in [0.3, 0.4) is 0 Å². The van der Waals surface area contributed by atoms with Crippen LogP contribution in [0.15, 0.2) is 51.3 Å². The van der Waals surface area contributed by atoms with Crippen LogP contribution in [0.1, 0.15) is 25.0 Å². The Hall–Kier alpha value is -2.61. The van der Waals surface area contributed by atoms with Crippen molar-refractivity contribution in [1.29, 1.82) is 0 Å². The van der Waals surface area contributed by atoms with Crippen LogP contribution in [0.4, 0.5) is 0 Å². The molecule has 1 aromatic heterocycles. The molecule has 0 N–H and O–H groups in total. The molecule has 0 saturated carbocycles. The molecule has 8 heteroatoms. The first-order chi connectivity index (χ1) is 11.9. The number of hydrogen-bond donors (Lipinski definition) is 1. The predicted octanol–water partition coefficient (Wildman–Crippen LogP) is 2.56. The summed E-state index contributed by atoms with van der Waals surface area (Å²) in [6.07, 6.45) is 3.74. The molecule has 0 amide bonds. The summed E-state index contributed by atoms with van der Waals surface area (Å²) in [4.78, 5) is 17.6. The molecular weight excluding hydrogens is 338 g/mol. The Morgan fingerprint density at radius 2 is 2.08 bits per heavy atom. The van der Waals surface area contributed by atoms with E-state index in [1.165, 1.54) is 9.36 Å². The molecule has 0 radical (unpaired) electrons. The maximum absolute atomic E-state index is 12.1. The standard InChI is InChI=1S/C17H21N5O2S/c1-12(11-25)8-9-14(3)18-24-10-15-13(2)6-5-7-16(15)22-17(23)21(4)19-20-22/h5-9,11,25H,10H2,1-4H3. The van der Waals surface area contributed by atoms with Crippen molar-refractivity contribution in [2.24, 2.45) is 12.2 Å². The average molecular weight is 359 g/mol. The topological polar surface area (TPSA) is 74.3 Å². The van der Waals surface area contributed by atoms with Crippen LogP contribution >= 0.6 is 12.6 Å². The first kappa shape index (κ1) is 18.7.